The number of amides is 1. The van der Waals surface area contributed by atoms with E-state index in [1.807, 2.05) is 13.8 Å². The first-order valence-electron chi connectivity index (χ1n) is 9.23. The number of halogens is 2. The van der Waals surface area contributed by atoms with Crippen LogP contribution in [0.3, 0.4) is 0 Å². The molecule has 1 amide bonds. The van der Waals surface area contributed by atoms with Gasteiger partial charge >= 0.3 is 0 Å². The van der Waals surface area contributed by atoms with Crippen LogP contribution in [0.25, 0.3) is 0 Å². The van der Waals surface area contributed by atoms with Crippen LogP contribution < -0.4 is 10.6 Å². The van der Waals surface area contributed by atoms with Gasteiger partial charge in [-0.2, -0.15) is 0 Å². The fourth-order valence-corrected chi connectivity index (χ4v) is 2.91. The summed E-state index contributed by atoms with van der Waals surface area (Å²) in [7, 11) is 1.59. The van der Waals surface area contributed by atoms with Gasteiger partial charge in [0.25, 0.3) is 0 Å². The number of methoxy groups -OCH3 is 1. The molecule has 2 N–H and O–H groups in total. The van der Waals surface area contributed by atoms with Crippen molar-refractivity contribution in [1.29, 1.82) is 0 Å². The van der Waals surface area contributed by atoms with E-state index >= 15 is 0 Å². The fourth-order valence-electron chi connectivity index (χ4n) is 2.91. The highest BCUT2D eigenvalue weighted by molar-refractivity contribution is 14.0. The molecule has 7 nitrogen and oxygen atoms in total. The van der Waals surface area contributed by atoms with Gasteiger partial charge in [0.2, 0.25) is 5.91 Å². The van der Waals surface area contributed by atoms with Gasteiger partial charge in [-0.1, -0.05) is 12.1 Å². The van der Waals surface area contributed by atoms with E-state index in [9.17, 15) is 9.18 Å². The highest BCUT2D eigenvalue weighted by atomic mass is 127. The highest BCUT2D eigenvalue weighted by Crippen LogP contribution is 2.25. The van der Waals surface area contributed by atoms with Gasteiger partial charge in [-0.05, 0) is 31.5 Å². The summed E-state index contributed by atoms with van der Waals surface area (Å²) in [5, 5.41) is 5.99. The zero-order valence-electron chi connectivity index (χ0n) is 16.6. The third-order valence-electron chi connectivity index (χ3n) is 4.14. The van der Waals surface area contributed by atoms with E-state index in [-0.39, 0.29) is 54.5 Å². The normalized spacial score (nSPS) is 19.7. The van der Waals surface area contributed by atoms with Crippen molar-refractivity contribution >= 4 is 35.8 Å². The van der Waals surface area contributed by atoms with Crippen LogP contribution in [0, 0.1) is 5.82 Å². The number of carbonyl (C=O) groups excluding carboxylic acids is 1. The number of hydrogen-bond donors (Lipinski definition) is 2. The summed E-state index contributed by atoms with van der Waals surface area (Å²) in [6.45, 7) is 6.87. The van der Waals surface area contributed by atoms with Crippen LogP contribution >= 0.6 is 24.0 Å². The molecule has 2 atom stereocenters. The van der Waals surface area contributed by atoms with E-state index in [0.29, 0.717) is 38.7 Å². The van der Waals surface area contributed by atoms with Gasteiger partial charge < -0.3 is 25.0 Å². The van der Waals surface area contributed by atoms with Crippen molar-refractivity contribution in [2.75, 3.05) is 46.4 Å². The molecule has 1 heterocycles. The quantitative estimate of drug-likeness (QED) is 0.255. The second-order valence-corrected chi connectivity index (χ2v) is 6.40. The summed E-state index contributed by atoms with van der Waals surface area (Å²) < 4.78 is 24.1. The van der Waals surface area contributed by atoms with Gasteiger partial charge in [-0.25, -0.2) is 9.38 Å². The number of guanidine groups is 1. The van der Waals surface area contributed by atoms with Gasteiger partial charge in [0.1, 0.15) is 18.5 Å². The molecule has 9 heteroatoms. The molecule has 1 aliphatic heterocycles. The molecule has 0 aromatic heterocycles. The van der Waals surface area contributed by atoms with Crippen LogP contribution in [0.1, 0.15) is 25.5 Å². The summed E-state index contributed by atoms with van der Waals surface area (Å²) in [6, 6.07) is 6.35. The van der Waals surface area contributed by atoms with Crippen molar-refractivity contribution in [3.63, 3.8) is 0 Å². The summed E-state index contributed by atoms with van der Waals surface area (Å²) in [6.07, 6.45) is -0.207. The summed E-state index contributed by atoms with van der Waals surface area (Å²) in [5.41, 5.74) is 0.918. The molecular weight excluding hydrogens is 478 g/mol. The minimum Gasteiger partial charge on any atom is -0.383 e. The summed E-state index contributed by atoms with van der Waals surface area (Å²) >= 11 is 0. The highest BCUT2D eigenvalue weighted by Gasteiger charge is 2.28. The Bertz CT molecular complexity index is 630. The average molecular weight is 508 g/mol. The molecular formula is C19H30FIN4O3. The lowest BCUT2D eigenvalue weighted by Gasteiger charge is -2.38. The molecule has 0 radical (unpaired) electrons. The molecule has 1 aromatic carbocycles. The van der Waals surface area contributed by atoms with Crippen LogP contribution in [-0.2, 0) is 14.3 Å². The molecule has 1 saturated heterocycles. The molecule has 2 unspecified atom stereocenters. The standard InChI is InChI=1S/C19H29FN4O3.HI/c1-4-21-19(23-11-18(25)22-9-10-26-3)24-12-14(2)27-17(13-24)15-5-7-16(20)8-6-15;/h5-8,14,17H,4,9-13H2,1-3H3,(H,21,23)(H,22,25);1H. The van der Waals surface area contributed by atoms with Crippen molar-refractivity contribution in [1.82, 2.24) is 15.5 Å². The van der Waals surface area contributed by atoms with Gasteiger partial charge in [-0.3, -0.25) is 4.79 Å². The zero-order valence-corrected chi connectivity index (χ0v) is 18.9. The Labute approximate surface area is 183 Å². The Kier molecular flexibility index (Phi) is 11.3. The molecule has 2 rings (SSSR count). The van der Waals surface area contributed by atoms with E-state index in [1.165, 1.54) is 12.1 Å². The Hall–Kier alpha value is -1.46. The molecule has 0 bridgehead atoms. The smallest absolute Gasteiger partial charge is 0.241 e. The van der Waals surface area contributed by atoms with Crippen molar-refractivity contribution in [3.8, 4) is 0 Å². The summed E-state index contributed by atoms with van der Waals surface area (Å²) in [5.74, 6) is 0.245. The van der Waals surface area contributed by atoms with E-state index in [1.54, 1.807) is 19.2 Å². The lowest BCUT2D eigenvalue weighted by atomic mass is 10.1. The fraction of sp³-hybridized carbons (Fsp3) is 0.579. The first-order chi connectivity index (χ1) is 13.0. The molecule has 0 aliphatic carbocycles. The maximum absolute atomic E-state index is 13.2. The topological polar surface area (TPSA) is 75.2 Å². The third kappa shape index (κ3) is 7.88. The number of nitrogens with one attached hydrogen (secondary N) is 2. The number of morpholine rings is 1. The minimum atomic E-state index is -0.270. The van der Waals surface area contributed by atoms with Crippen LogP contribution in [-0.4, -0.2) is 69.3 Å². The maximum atomic E-state index is 13.2. The molecule has 1 aromatic rings. The summed E-state index contributed by atoms with van der Waals surface area (Å²) in [4.78, 5) is 18.4. The Morgan fingerprint density at radius 3 is 2.68 bits per heavy atom. The van der Waals surface area contributed by atoms with Crippen LogP contribution in [0.15, 0.2) is 29.3 Å². The molecule has 158 valence electrons. The lowest BCUT2D eigenvalue weighted by Crippen LogP contribution is -2.51. The molecule has 1 aliphatic rings. The van der Waals surface area contributed by atoms with E-state index in [2.05, 4.69) is 20.5 Å². The predicted molar refractivity (Wildman–Crippen MR) is 118 cm³/mol. The molecule has 1 fully saturated rings. The SMILES string of the molecule is CCNC(=NCC(=O)NCCOC)N1CC(C)OC(c2ccc(F)cc2)C1.I. The van der Waals surface area contributed by atoms with Gasteiger partial charge in [0, 0.05) is 26.7 Å². The second kappa shape index (κ2) is 12.9. The van der Waals surface area contributed by atoms with E-state index in [4.69, 9.17) is 9.47 Å². The third-order valence-corrected chi connectivity index (χ3v) is 4.14. The Morgan fingerprint density at radius 1 is 1.32 bits per heavy atom. The van der Waals surface area contributed by atoms with Gasteiger partial charge in [0.05, 0.1) is 19.3 Å². The number of benzene rings is 1. The Morgan fingerprint density at radius 2 is 2.04 bits per heavy atom. The van der Waals surface area contributed by atoms with Crippen LogP contribution in [0.2, 0.25) is 0 Å². The monoisotopic (exact) mass is 508 g/mol. The number of carbonyl (C=O) groups is 1. The number of aliphatic imine (C=N–C) groups is 1. The van der Waals surface area contributed by atoms with E-state index in [0.717, 1.165) is 5.56 Å². The first-order valence-corrected chi connectivity index (χ1v) is 9.23. The van der Waals surface area contributed by atoms with Gasteiger partial charge in [0.15, 0.2) is 5.96 Å². The van der Waals surface area contributed by atoms with Crippen molar-refractivity contribution in [3.05, 3.63) is 35.6 Å². The average Bonchev–Trinajstić information content (AvgIpc) is 2.65. The van der Waals surface area contributed by atoms with Crippen molar-refractivity contribution in [2.45, 2.75) is 26.1 Å². The van der Waals surface area contributed by atoms with Crippen molar-refractivity contribution in [2.24, 2.45) is 4.99 Å². The Balaban J connectivity index is 0.00000392. The van der Waals surface area contributed by atoms with E-state index < -0.39 is 0 Å². The zero-order chi connectivity index (χ0) is 19.6. The van der Waals surface area contributed by atoms with Crippen LogP contribution in [0.4, 0.5) is 4.39 Å². The predicted octanol–water partition coefficient (Wildman–Crippen LogP) is 1.93. The number of nitrogens with zero attached hydrogens (tertiary/aromatic N) is 2. The largest absolute Gasteiger partial charge is 0.383 e. The van der Waals surface area contributed by atoms with Gasteiger partial charge in [-0.15, -0.1) is 24.0 Å². The number of hydrogen-bond acceptors (Lipinski definition) is 4. The molecule has 0 spiro atoms. The number of ether oxygens (including phenoxy) is 2. The minimum absolute atomic E-state index is 0. The van der Waals surface area contributed by atoms with Crippen molar-refractivity contribution < 1.29 is 18.7 Å². The lowest BCUT2D eigenvalue weighted by molar-refractivity contribution is -0.119. The maximum Gasteiger partial charge on any atom is 0.241 e. The van der Waals surface area contributed by atoms with Crippen LogP contribution in [0.5, 0.6) is 0 Å². The second-order valence-electron chi connectivity index (χ2n) is 6.40. The first kappa shape index (κ1) is 24.6. The molecule has 0 saturated carbocycles. The molecule has 28 heavy (non-hydrogen) atoms. The number of rotatable bonds is 7.